The number of aliphatic imine (C=N–C) groups is 1. The van der Waals surface area contributed by atoms with E-state index in [1.807, 2.05) is 19.2 Å². The van der Waals surface area contributed by atoms with E-state index in [1.54, 1.807) is 14.2 Å². The quantitative estimate of drug-likeness (QED) is 0.549. The summed E-state index contributed by atoms with van der Waals surface area (Å²) in [6, 6.07) is 8.44. The van der Waals surface area contributed by atoms with Crippen molar-refractivity contribution >= 4 is 11.9 Å². The van der Waals surface area contributed by atoms with Gasteiger partial charge in [-0.15, -0.1) is 0 Å². The SMILES string of the molecule is CN=C(NCC(c1ccc(OC)cc1)N(C)C)N1CCC(CC(=O)NC)CC1. The molecule has 0 radical (unpaired) electrons. The molecule has 2 N–H and O–H groups in total. The molecule has 0 aliphatic carbocycles. The van der Waals surface area contributed by atoms with Gasteiger partial charge in [0.15, 0.2) is 5.96 Å². The van der Waals surface area contributed by atoms with E-state index in [0.717, 1.165) is 44.2 Å². The van der Waals surface area contributed by atoms with Crippen LogP contribution in [0, 0.1) is 5.92 Å². The first-order valence-electron chi connectivity index (χ1n) is 9.95. The molecule has 0 bridgehead atoms. The van der Waals surface area contributed by atoms with Gasteiger partial charge in [-0.25, -0.2) is 0 Å². The lowest BCUT2D eigenvalue weighted by Gasteiger charge is -2.35. The van der Waals surface area contributed by atoms with Gasteiger partial charge in [0, 0.05) is 40.2 Å². The number of carbonyl (C=O) groups excluding carboxylic acids is 1. The van der Waals surface area contributed by atoms with Crippen LogP contribution >= 0.6 is 0 Å². The number of amides is 1. The predicted octanol–water partition coefficient (Wildman–Crippen LogP) is 1.72. The van der Waals surface area contributed by atoms with Gasteiger partial charge in [0.2, 0.25) is 5.91 Å². The minimum Gasteiger partial charge on any atom is -0.497 e. The number of likely N-dealkylation sites (tertiary alicyclic amines) is 1. The molecule has 156 valence electrons. The van der Waals surface area contributed by atoms with E-state index in [0.29, 0.717) is 12.3 Å². The number of methoxy groups -OCH3 is 1. The standard InChI is InChI=1S/C21H35N5O2/c1-22-20(27)14-16-10-12-26(13-11-16)21(23-2)24-15-19(25(3)4)17-6-8-18(28-5)9-7-17/h6-9,16,19H,10-15H2,1-5H3,(H,22,27)(H,23,24). The molecule has 0 saturated carbocycles. The fraction of sp³-hybridized carbons (Fsp3) is 0.619. The van der Waals surface area contributed by atoms with Gasteiger partial charge in [0.05, 0.1) is 13.2 Å². The number of piperidine rings is 1. The predicted molar refractivity (Wildman–Crippen MR) is 114 cm³/mol. The molecule has 1 saturated heterocycles. The number of likely N-dealkylation sites (N-methyl/N-ethyl adjacent to an activating group) is 1. The van der Waals surface area contributed by atoms with E-state index in [9.17, 15) is 4.79 Å². The normalized spacial score (nSPS) is 16.8. The van der Waals surface area contributed by atoms with E-state index >= 15 is 0 Å². The lowest BCUT2D eigenvalue weighted by Crippen LogP contribution is -2.47. The Balaban J connectivity index is 1.91. The van der Waals surface area contributed by atoms with Crippen molar-refractivity contribution in [3.63, 3.8) is 0 Å². The van der Waals surface area contributed by atoms with Crippen molar-refractivity contribution in [2.24, 2.45) is 10.9 Å². The molecule has 1 fully saturated rings. The second kappa shape index (κ2) is 10.9. The molecule has 7 nitrogen and oxygen atoms in total. The summed E-state index contributed by atoms with van der Waals surface area (Å²) in [5, 5.41) is 6.26. The molecule has 1 unspecified atom stereocenters. The molecule has 1 aliphatic heterocycles. The lowest BCUT2D eigenvalue weighted by atomic mass is 9.93. The van der Waals surface area contributed by atoms with E-state index in [4.69, 9.17) is 4.74 Å². The first-order chi connectivity index (χ1) is 13.5. The van der Waals surface area contributed by atoms with Crippen molar-refractivity contribution in [1.82, 2.24) is 20.4 Å². The highest BCUT2D eigenvalue weighted by atomic mass is 16.5. The molecule has 1 aliphatic rings. The van der Waals surface area contributed by atoms with Gasteiger partial charge < -0.3 is 25.2 Å². The number of hydrogen-bond donors (Lipinski definition) is 2. The Hall–Kier alpha value is -2.28. The summed E-state index contributed by atoms with van der Waals surface area (Å²) in [6.45, 7) is 2.62. The highest BCUT2D eigenvalue weighted by Crippen LogP contribution is 2.22. The fourth-order valence-electron chi connectivity index (χ4n) is 3.66. The van der Waals surface area contributed by atoms with Crippen LogP contribution < -0.4 is 15.4 Å². The van der Waals surface area contributed by atoms with Gasteiger partial charge in [-0.1, -0.05) is 12.1 Å². The van der Waals surface area contributed by atoms with Crippen LogP contribution in [0.25, 0.3) is 0 Å². The molecular formula is C21H35N5O2. The highest BCUT2D eigenvalue weighted by Gasteiger charge is 2.24. The summed E-state index contributed by atoms with van der Waals surface area (Å²) in [4.78, 5) is 20.6. The second-order valence-electron chi connectivity index (χ2n) is 7.49. The average molecular weight is 390 g/mol. The Bertz CT molecular complexity index is 637. The van der Waals surface area contributed by atoms with Crippen LogP contribution in [0.2, 0.25) is 0 Å². The average Bonchev–Trinajstić information content (AvgIpc) is 2.72. The minimum atomic E-state index is 0.134. The number of nitrogens with one attached hydrogen (secondary N) is 2. The molecule has 1 aromatic rings. The zero-order valence-electron chi connectivity index (χ0n) is 17.9. The van der Waals surface area contributed by atoms with Gasteiger partial charge >= 0.3 is 0 Å². The van der Waals surface area contributed by atoms with Crippen LogP contribution in [0.5, 0.6) is 5.75 Å². The largest absolute Gasteiger partial charge is 0.497 e. The van der Waals surface area contributed by atoms with Gasteiger partial charge in [0.25, 0.3) is 0 Å². The van der Waals surface area contributed by atoms with Crippen LogP contribution in [0.3, 0.4) is 0 Å². The molecule has 0 aromatic heterocycles. The number of guanidine groups is 1. The highest BCUT2D eigenvalue weighted by molar-refractivity contribution is 5.80. The van der Waals surface area contributed by atoms with Crippen molar-refractivity contribution in [2.45, 2.75) is 25.3 Å². The topological polar surface area (TPSA) is 69.2 Å². The van der Waals surface area contributed by atoms with Gasteiger partial charge in [-0.2, -0.15) is 0 Å². The van der Waals surface area contributed by atoms with Gasteiger partial charge in [0.1, 0.15) is 5.75 Å². The lowest BCUT2D eigenvalue weighted by molar-refractivity contribution is -0.121. The number of hydrogen-bond acceptors (Lipinski definition) is 4. The molecule has 28 heavy (non-hydrogen) atoms. The molecule has 1 heterocycles. The van der Waals surface area contributed by atoms with E-state index in [1.165, 1.54) is 5.56 Å². The number of rotatable bonds is 7. The first kappa shape index (κ1) is 22.0. The van der Waals surface area contributed by atoms with Crippen molar-refractivity contribution in [1.29, 1.82) is 0 Å². The zero-order chi connectivity index (χ0) is 20.5. The zero-order valence-corrected chi connectivity index (χ0v) is 17.9. The molecule has 2 rings (SSSR count). The number of benzene rings is 1. The third-order valence-corrected chi connectivity index (χ3v) is 5.46. The summed E-state index contributed by atoms with van der Waals surface area (Å²) in [5.41, 5.74) is 1.23. The minimum absolute atomic E-state index is 0.134. The molecule has 1 aromatic carbocycles. The molecule has 1 atom stereocenters. The number of nitrogens with zero attached hydrogens (tertiary/aromatic N) is 3. The van der Waals surface area contributed by atoms with Crippen molar-refractivity contribution in [3.05, 3.63) is 29.8 Å². The molecule has 7 heteroatoms. The van der Waals surface area contributed by atoms with Gasteiger partial charge in [-0.3, -0.25) is 9.79 Å². The third-order valence-electron chi connectivity index (χ3n) is 5.46. The molecule has 0 spiro atoms. The summed E-state index contributed by atoms with van der Waals surface area (Å²) in [6.07, 6.45) is 2.66. The van der Waals surface area contributed by atoms with E-state index in [-0.39, 0.29) is 11.9 Å². The fourth-order valence-corrected chi connectivity index (χ4v) is 3.66. The maximum Gasteiger partial charge on any atom is 0.220 e. The molecular weight excluding hydrogens is 354 g/mol. The number of ether oxygens (including phenoxy) is 1. The van der Waals surface area contributed by atoms with Gasteiger partial charge in [-0.05, 0) is 50.6 Å². The Labute approximate surface area is 169 Å². The molecule has 1 amide bonds. The van der Waals surface area contributed by atoms with E-state index < -0.39 is 0 Å². The summed E-state index contributed by atoms with van der Waals surface area (Å²) >= 11 is 0. The van der Waals surface area contributed by atoms with Crippen molar-refractivity contribution in [2.75, 3.05) is 54.9 Å². The Morgan fingerprint density at radius 2 is 1.93 bits per heavy atom. The maximum atomic E-state index is 11.6. The maximum absolute atomic E-state index is 11.6. The summed E-state index contributed by atoms with van der Waals surface area (Å²) < 4.78 is 5.26. The Morgan fingerprint density at radius 3 is 2.43 bits per heavy atom. The number of carbonyl (C=O) groups is 1. The van der Waals surface area contributed by atoms with Crippen LogP contribution in [0.1, 0.15) is 30.9 Å². The van der Waals surface area contributed by atoms with Crippen LogP contribution in [0.4, 0.5) is 0 Å². The van der Waals surface area contributed by atoms with Crippen LogP contribution in [-0.2, 0) is 4.79 Å². The van der Waals surface area contributed by atoms with Crippen LogP contribution in [0.15, 0.2) is 29.3 Å². The van der Waals surface area contributed by atoms with Crippen LogP contribution in [-0.4, -0.2) is 76.6 Å². The van der Waals surface area contributed by atoms with Crippen molar-refractivity contribution < 1.29 is 9.53 Å². The third kappa shape index (κ3) is 6.12. The smallest absolute Gasteiger partial charge is 0.220 e. The second-order valence-corrected chi connectivity index (χ2v) is 7.49. The van der Waals surface area contributed by atoms with Crippen molar-refractivity contribution in [3.8, 4) is 5.75 Å². The Kier molecular flexibility index (Phi) is 8.57. The monoisotopic (exact) mass is 389 g/mol. The van der Waals surface area contributed by atoms with E-state index in [2.05, 4.69) is 51.7 Å². The first-order valence-corrected chi connectivity index (χ1v) is 9.95. The summed E-state index contributed by atoms with van der Waals surface area (Å²) in [5.74, 6) is 2.39. The summed E-state index contributed by atoms with van der Waals surface area (Å²) in [7, 11) is 9.39. The Morgan fingerprint density at radius 1 is 1.29 bits per heavy atom.